The van der Waals surface area contributed by atoms with E-state index in [0.29, 0.717) is 0 Å². The fraction of sp³-hybridized carbons (Fsp3) is 0.833. The van der Waals surface area contributed by atoms with Crippen LogP contribution in [-0.4, -0.2) is 67.4 Å². The lowest BCUT2D eigenvalue weighted by Gasteiger charge is -2.22. The Balaban J connectivity index is 4.50. The summed E-state index contributed by atoms with van der Waals surface area (Å²) in [6.07, 6.45) is -8.58. The summed E-state index contributed by atoms with van der Waals surface area (Å²) < 4.78 is 0. The minimum atomic E-state index is -2.46. The summed E-state index contributed by atoms with van der Waals surface area (Å²) in [5, 5.41) is 54.0. The number of nitro groups is 1. The van der Waals surface area contributed by atoms with Gasteiger partial charge in [-0.3, -0.25) is 10.1 Å². The predicted molar refractivity (Wildman–Crippen MR) is 43.1 cm³/mol. The average Bonchev–Trinajstić information content (AvgIpc) is 2.23. The van der Waals surface area contributed by atoms with Crippen LogP contribution in [0.3, 0.4) is 0 Å². The summed E-state index contributed by atoms with van der Waals surface area (Å²) in [5.74, 6) is -1.91. The molecule has 0 saturated carbocycles. The summed E-state index contributed by atoms with van der Waals surface area (Å²) in [7, 11) is 0. The van der Waals surface area contributed by atoms with Gasteiger partial charge in [-0.05, 0) is 0 Å². The standard InChI is InChI=1S/C6H11NO8/c8-1-2(9)3(10)4(11)5(12)6(13)7(14)15/h2-5,8-12H,1H2/t2-,3+,4-,5-/m1/s1. The van der Waals surface area contributed by atoms with Gasteiger partial charge in [0, 0.05) is 0 Å². The third kappa shape index (κ3) is 3.49. The Hall–Kier alpha value is -1.13. The number of aliphatic hydroxyl groups is 5. The van der Waals surface area contributed by atoms with Crippen LogP contribution in [0.15, 0.2) is 0 Å². The Bertz CT molecular complexity index is 243. The van der Waals surface area contributed by atoms with Gasteiger partial charge in [-0.25, -0.2) is 4.79 Å². The fourth-order valence-corrected chi connectivity index (χ4v) is 0.776. The number of hydrogen-bond acceptors (Lipinski definition) is 8. The van der Waals surface area contributed by atoms with E-state index < -0.39 is 41.9 Å². The topological polar surface area (TPSA) is 161 Å². The maximum atomic E-state index is 10.5. The lowest BCUT2D eigenvalue weighted by Crippen LogP contribution is -2.50. The van der Waals surface area contributed by atoms with Crippen LogP contribution in [0.5, 0.6) is 0 Å². The number of rotatable bonds is 5. The highest BCUT2D eigenvalue weighted by Crippen LogP contribution is 2.06. The fourth-order valence-electron chi connectivity index (χ4n) is 0.776. The average molecular weight is 225 g/mol. The van der Waals surface area contributed by atoms with Crippen molar-refractivity contribution >= 4 is 5.91 Å². The van der Waals surface area contributed by atoms with Crippen molar-refractivity contribution < 1.29 is 35.3 Å². The Morgan fingerprint density at radius 3 is 2.00 bits per heavy atom. The molecule has 9 nitrogen and oxygen atoms in total. The maximum Gasteiger partial charge on any atom is 0.475 e. The smallest absolute Gasteiger partial charge is 0.394 e. The van der Waals surface area contributed by atoms with Crippen LogP contribution in [0.25, 0.3) is 0 Å². The molecule has 0 unspecified atom stereocenters. The lowest BCUT2D eigenvalue weighted by atomic mass is 10.0. The summed E-state index contributed by atoms with van der Waals surface area (Å²) >= 11 is 0. The van der Waals surface area contributed by atoms with E-state index in [2.05, 4.69) is 0 Å². The highest BCUT2D eigenvalue weighted by atomic mass is 16.6. The van der Waals surface area contributed by atoms with Crippen LogP contribution in [0.4, 0.5) is 0 Å². The molecule has 0 aromatic rings. The van der Waals surface area contributed by atoms with Gasteiger partial charge in [-0.2, -0.15) is 0 Å². The number of amides is 1. The molecule has 0 spiro atoms. The van der Waals surface area contributed by atoms with Gasteiger partial charge < -0.3 is 25.5 Å². The molecule has 0 aromatic heterocycles. The molecule has 0 fully saturated rings. The second kappa shape index (κ2) is 5.68. The number of carbonyl (C=O) groups excluding carboxylic acids is 1. The SMILES string of the molecule is O=C([C@H](O)[C@H](O)[C@@H](O)[C@H](O)CO)[N+](=O)[O-]. The van der Waals surface area contributed by atoms with E-state index in [-0.39, 0.29) is 0 Å². The Morgan fingerprint density at radius 2 is 1.67 bits per heavy atom. The van der Waals surface area contributed by atoms with Crippen molar-refractivity contribution in [3.05, 3.63) is 10.1 Å². The van der Waals surface area contributed by atoms with Crippen molar-refractivity contribution in [3.8, 4) is 0 Å². The predicted octanol–water partition coefficient (Wildman–Crippen LogP) is -3.77. The number of carbonyl (C=O) groups is 1. The first-order chi connectivity index (χ1) is 6.82. The molecule has 88 valence electrons. The van der Waals surface area contributed by atoms with Crippen molar-refractivity contribution in [2.75, 3.05) is 6.61 Å². The molecule has 0 aliphatic heterocycles. The van der Waals surface area contributed by atoms with Crippen molar-refractivity contribution in [2.24, 2.45) is 0 Å². The van der Waals surface area contributed by atoms with Crippen molar-refractivity contribution in [1.29, 1.82) is 0 Å². The largest absolute Gasteiger partial charge is 0.475 e. The van der Waals surface area contributed by atoms with E-state index in [1.807, 2.05) is 0 Å². The van der Waals surface area contributed by atoms with Crippen LogP contribution in [0, 0.1) is 10.1 Å². The summed E-state index contributed by atoms with van der Waals surface area (Å²) in [6.45, 7) is -0.933. The number of hydrogen-bond donors (Lipinski definition) is 5. The molecule has 0 saturated heterocycles. The van der Waals surface area contributed by atoms with E-state index in [0.717, 1.165) is 0 Å². The molecule has 0 aliphatic rings. The second-order valence-corrected chi connectivity index (χ2v) is 2.77. The first-order valence-electron chi connectivity index (χ1n) is 3.84. The molecule has 0 bridgehead atoms. The summed E-state index contributed by atoms with van der Waals surface area (Å²) in [5.41, 5.74) is 0. The van der Waals surface area contributed by atoms with Gasteiger partial charge in [-0.1, -0.05) is 0 Å². The highest BCUT2D eigenvalue weighted by molar-refractivity contribution is 5.73. The molecule has 15 heavy (non-hydrogen) atoms. The number of aliphatic hydroxyl groups excluding tert-OH is 5. The molecule has 1 amide bonds. The second-order valence-electron chi connectivity index (χ2n) is 2.77. The Labute approximate surface area is 83.3 Å². The molecule has 0 aliphatic carbocycles. The van der Waals surface area contributed by atoms with E-state index in [4.69, 9.17) is 25.5 Å². The van der Waals surface area contributed by atoms with Crippen molar-refractivity contribution in [3.63, 3.8) is 0 Å². The Kier molecular flexibility index (Phi) is 5.25. The van der Waals surface area contributed by atoms with Crippen LogP contribution in [0.2, 0.25) is 0 Å². The molecule has 0 rings (SSSR count). The van der Waals surface area contributed by atoms with Crippen LogP contribution < -0.4 is 0 Å². The quantitative estimate of drug-likeness (QED) is 0.235. The number of nitrogens with zero attached hydrogens (tertiary/aromatic N) is 1. The van der Waals surface area contributed by atoms with Crippen LogP contribution in [-0.2, 0) is 4.79 Å². The molecule has 0 aromatic carbocycles. The molecule has 5 N–H and O–H groups in total. The van der Waals surface area contributed by atoms with Gasteiger partial charge in [0.2, 0.25) is 6.10 Å². The van der Waals surface area contributed by atoms with Crippen molar-refractivity contribution in [1.82, 2.24) is 0 Å². The zero-order valence-electron chi connectivity index (χ0n) is 7.42. The highest BCUT2D eigenvalue weighted by Gasteiger charge is 2.39. The monoisotopic (exact) mass is 225 g/mol. The van der Waals surface area contributed by atoms with Gasteiger partial charge in [-0.15, -0.1) is 0 Å². The lowest BCUT2D eigenvalue weighted by molar-refractivity contribution is -0.411. The van der Waals surface area contributed by atoms with Gasteiger partial charge in [0.1, 0.15) is 23.2 Å². The third-order valence-corrected chi connectivity index (χ3v) is 1.69. The van der Waals surface area contributed by atoms with Crippen LogP contribution in [0.1, 0.15) is 0 Å². The summed E-state index contributed by atoms with van der Waals surface area (Å²) in [6, 6.07) is 0. The molecule has 4 atom stereocenters. The van der Waals surface area contributed by atoms with Gasteiger partial charge in [0.25, 0.3) is 0 Å². The van der Waals surface area contributed by atoms with E-state index in [1.54, 1.807) is 0 Å². The molecular formula is C6H11NO8. The normalized spacial score (nSPS) is 19.0. The maximum absolute atomic E-state index is 10.5. The van der Waals surface area contributed by atoms with Gasteiger partial charge in [0.15, 0.2) is 0 Å². The van der Waals surface area contributed by atoms with E-state index >= 15 is 0 Å². The Morgan fingerprint density at radius 1 is 1.20 bits per heavy atom. The first-order valence-corrected chi connectivity index (χ1v) is 3.84. The zero-order chi connectivity index (χ0) is 12.2. The minimum absolute atomic E-state index is 0.933. The third-order valence-electron chi connectivity index (χ3n) is 1.69. The molecule has 0 radical (unpaired) electrons. The van der Waals surface area contributed by atoms with E-state index in [9.17, 15) is 14.9 Å². The molecular weight excluding hydrogens is 214 g/mol. The first kappa shape index (κ1) is 13.9. The molecule has 9 heteroatoms. The van der Waals surface area contributed by atoms with E-state index in [1.165, 1.54) is 0 Å². The zero-order valence-corrected chi connectivity index (χ0v) is 7.42. The summed E-state index contributed by atoms with van der Waals surface area (Å²) in [4.78, 5) is 19.0. The molecule has 0 heterocycles. The minimum Gasteiger partial charge on any atom is -0.394 e. The van der Waals surface area contributed by atoms with Crippen molar-refractivity contribution in [2.45, 2.75) is 24.4 Å². The van der Waals surface area contributed by atoms with Crippen LogP contribution >= 0.6 is 0 Å². The van der Waals surface area contributed by atoms with Gasteiger partial charge >= 0.3 is 5.91 Å². The van der Waals surface area contributed by atoms with Gasteiger partial charge in [0.05, 0.1) is 6.61 Å².